The summed E-state index contributed by atoms with van der Waals surface area (Å²) in [6, 6.07) is 1.90. The molecule has 80 valence electrons. The summed E-state index contributed by atoms with van der Waals surface area (Å²) >= 11 is 1.64. The Labute approximate surface area is 88.9 Å². The third kappa shape index (κ3) is 3.29. The number of nitrogens with two attached hydrogens (primary N) is 1. The minimum atomic E-state index is -0.619. The second-order valence-electron chi connectivity index (χ2n) is 3.75. The fourth-order valence-electron chi connectivity index (χ4n) is 1.06. The van der Waals surface area contributed by atoms with Crippen LogP contribution in [0.25, 0.3) is 0 Å². The fraction of sp³-hybridized carbons (Fsp3) is 0.600. The lowest BCUT2D eigenvalue weighted by Gasteiger charge is -2.21. The van der Waals surface area contributed by atoms with Gasteiger partial charge in [0.2, 0.25) is 0 Å². The molecule has 0 bridgehead atoms. The minimum absolute atomic E-state index is 0.598. The van der Waals surface area contributed by atoms with E-state index in [0.29, 0.717) is 6.54 Å². The van der Waals surface area contributed by atoms with Gasteiger partial charge in [-0.15, -0.1) is 11.3 Å². The maximum absolute atomic E-state index is 9.73. The molecule has 0 fully saturated rings. The van der Waals surface area contributed by atoms with Gasteiger partial charge in [0.1, 0.15) is 0 Å². The molecule has 0 spiro atoms. The van der Waals surface area contributed by atoms with Crippen molar-refractivity contribution in [3.05, 3.63) is 16.3 Å². The van der Waals surface area contributed by atoms with E-state index in [9.17, 15) is 5.11 Å². The summed E-state index contributed by atoms with van der Waals surface area (Å²) in [6.45, 7) is 5.14. The van der Waals surface area contributed by atoms with Crippen molar-refractivity contribution >= 4 is 17.0 Å². The van der Waals surface area contributed by atoms with Crippen molar-refractivity contribution in [3.8, 4) is 0 Å². The average molecular weight is 214 g/mol. The average Bonchev–Trinajstić information content (AvgIpc) is 2.52. The Bertz CT molecular complexity index is 283. The van der Waals surface area contributed by atoms with Crippen LogP contribution in [0.15, 0.2) is 11.4 Å². The third-order valence-electron chi connectivity index (χ3n) is 2.33. The molecule has 0 aliphatic rings. The monoisotopic (exact) mass is 214 g/mol. The van der Waals surface area contributed by atoms with Gasteiger partial charge in [-0.3, -0.25) is 0 Å². The number of thiophene rings is 1. The molecular formula is C10H18N2OS. The van der Waals surface area contributed by atoms with Gasteiger partial charge in [-0.25, -0.2) is 0 Å². The first kappa shape index (κ1) is 11.5. The molecule has 0 aromatic carbocycles. The molecule has 1 atom stereocenters. The highest BCUT2D eigenvalue weighted by molar-refractivity contribution is 7.10. The highest BCUT2D eigenvalue weighted by atomic mass is 32.1. The van der Waals surface area contributed by atoms with Crippen LogP contribution in [-0.4, -0.2) is 17.3 Å². The molecule has 1 heterocycles. The van der Waals surface area contributed by atoms with Gasteiger partial charge >= 0.3 is 0 Å². The zero-order chi connectivity index (χ0) is 10.6. The van der Waals surface area contributed by atoms with Crippen molar-refractivity contribution in [3.63, 3.8) is 0 Å². The van der Waals surface area contributed by atoms with Crippen LogP contribution in [0.4, 0.5) is 5.69 Å². The summed E-state index contributed by atoms with van der Waals surface area (Å²) in [4.78, 5) is 1.14. The van der Waals surface area contributed by atoms with E-state index in [1.165, 1.54) is 0 Å². The maximum Gasteiger partial charge on any atom is 0.0741 e. The Balaban J connectivity index is 2.32. The van der Waals surface area contributed by atoms with Gasteiger partial charge in [0.25, 0.3) is 0 Å². The van der Waals surface area contributed by atoms with Crippen LogP contribution in [-0.2, 0) is 6.54 Å². The molecule has 0 radical (unpaired) electrons. The molecule has 0 amide bonds. The second kappa shape index (κ2) is 4.77. The molecular weight excluding hydrogens is 196 g/mol. The van der Waals surface area contributed by atoms with Crippen molar-refractivity contribution in [2.75, 3.05) is 12.3 Å². The van der Waals surface area contributed by atoms with Gasteiger partial charge in [-0.2, -0.15) is 0 Å². The first-order valence-corrected chi connectivity index (χ1v) is 5.68. The van der Waals surface area contributed by atoms with Crippen LogP contribution in [0, 0.1) is 0 Å². The molecule has 1 aromatic heterocycles. The van der Waals surface area contributed by atoms with Crippen LogP contribution in [0.1, 0.15) is 25.1 Å². The molecule has 0 saturated heterocycles. The van der Waals surface area contributed by atoms with Crippen LogP contribution in [0.5, 0.6) is 0 Å². The van der Waals surface area contributed by atoms with Gasteiger partial charge < -0.3 is 16.2 Å². The standard InChI is InChI=1S/C10H18N2OS/c1-3-10(2,13)7-12-6-9-8(11)4-5-14-9/h4-5,12-13H,3,6-7,11H2,1-2H3. The highest BCUT2D eigenvalue weighted by Crippen LogP contribution is 2.18. The van der Waals surface area contributed by atoms with Gasteiger partial charge in [0.15, 0.2) is 0 Å². The minimum Gasteiger partial charge on any atom is -0.398 e. The number of hydrogen-bond acceptors (Lipinski definition) is 4. The summed E-state index contributed by atoms with van der Waals surface area (Å²) in [5, 5.41) is 14.9. The molecule has 14 heavy (non-hydrogen) atoms. The SMILES string of the molecule is CCC(C)(O)CNCc1sccc1N. The predicted molar refractivity (Wildman–Crippen MR) is 61.4 cm³/mol. The first-order valence-electron chi connectivity index (χ1n) is 4.80. The van der Waals surface area contributed by atoms with Gasteiger partial charge in [0.05, 0.1) is 5.60 Å². The van der Waals surface area contributed by atoms with Crippen LogP contribution < -0.4 is 11.1 Å². The molecule has 0 aliphatic carbocycles. The first-order chi connectivity index (χ1) is 6.55. The van der Waals surface area contributed by atoms with Gasteiger partial charge in [0, 0.05) is 23.7 Å². The quantitative estimate of drug-likeness (QED) is 0.697. The van der Waals surface area contributed by atoms with Crippen molar-refractivity contribution in [2.45, 2.75) is 32.4 Å². The lowest BCUT2D eigenvalue weighted by molar-refractivity contribution is 0.0556. The van der Waals surface area contributed by atoms with Crippen molar-refractivity contribution in [2.24, 2.45) is 0 Å². The zero-order valence-corrected chi connectivity index (χ0v) is 9.53. The number of nitrogen functional groups attached to an aromatic ring is 1. The summed E-state index contributed by atoms with van der Waals surface area (Å²) in [5.74, 6) is 0. The van der Waals surface area contributed by atoms with E-state index in [0.717, 1.165) is 23.5 Å². The lowest BCUT2D eigenvalue weighted by Crippen LogP contribution is -2.36. The maximum atomic E-state index is 9.73. The molecule has 4 heteroatoms. The molecule has 0 saturated carbocycles. The number of aliphatic hydroxyl groups is 1. The van der Waals surface area contributed by atoms with E-state index in [2.05, 4.69) is 5.32 Å². The Morgan fingerprint density at radius 1 is 1.64 bits per heavy atom. The molecule has 3 nitrogen and oxygen atoms in total. The zero-order valence-electron chi connectivity index (χ0n) is 8.71. The summed E-state index contributed by atoms with van der Waals surface area (Å²) in [5.41, 5.74) is 5.94. The van der Waals surface area contributed by atoms with Crippen LogP contribution in [0.2, 0.25) is 0 Å². The normalized spacial score (nSPS) is 15.4. The van der Waals surface area contributed by atoms with Crippen LogP contribution >= 0.6 is 11.3 Å². The van der Waals surface area contributed by atoms with Gasteiger partial charge in [-0.05, 0) is 24.8 Å². The molecule has 0 aliphatic heterocycles. The molecule has 4 N–H and O–H groups in total. The summed E-state index contributed by atoms with van der Waals surface area (Å²) in [7, 11) is 0. The highest BCUT2D eigenvalue weighted by Gasteiger charge is 2.16. The Morgan fingerprint density at radius 2 is 2.36 bits per heavy atom. The predicted octanol–water partition coefficient (Wildman–Crippen LogP) is 1.58. The number of hydrogen-bond donors (Lipinski definition) is 3. The smallest absolute Gasteiger partial charge is 0.0741 e. The topological polar surface area (TPSA) is 58.3 Å². The molecule has 1 aromatic rings. The Morgan fingerprint density at radius 3 is 2.86 bits per heavy atom. The van der Waals surface area contributed by atoms with Gasteiger partial charge in [-0.1, -0.05) is 6.92 Å². The fourth-order valence-corrected chi connectivity index (χ4v) is 1.83. The lowest BCUT2D eigenvalue weighted by atomic mass is 10.0. The van der Waals surface area contributed by atoms with E-state index in [1.807, 2.05) is 25.3 Å². The largest absolute Gasteiger partial charge is 0.398 e. The number of anilines is 1. The number of rotatable bonds is 5. The third-order valence-corrected chi connectivity index (χ3v) is 3.27. The van der Waals surface area contributed by atoms with E-state index >= 15 is 0 Å². The second-order valence-corrected chi connectivity index (χ2v) is 4.75. The van der Waals surface area contributed by atoms with E-state index < -0.39 is 5.60 Å². The van der Waals surface area contributed by atoms with E-state index in [1.54, 1.807) is 11.3 Å². The molecule has 1 rings (SSSR count). The number of nitrogens with one attached hydrogen (secondary N) is 1. The van der Waals surface area contributed by atoms with Crippen LogP contribution in [0.3, 0.4) is 0 Å². The Kier molecular flexibility index (Phi) is 3.92. The van der Waals surface area contributed by atoms with E-state index in [-0.39, 0.29) is 0 Å². The Hall–Kier alpha value is -0.580. The van der Waals surface area contributed by atoms with Crippen molar-refractivity contribution < 1.29 is 5.11 Å². The summed E-state index contributed by atoms with van der Waals surface area (Å²) < 4.78 is 0. The molecule has 1 unspecified atom stereocenters. The van der Waals surface area contributed by atoms with Crippen molar-refractivity contribution in [1.29, 1.82) is 0 Å². The van der Waals surface area contributed by atoms with Crippen molar-refractivity contribution in [1.82, 2.24) is 5.32 Å². The summed E-state index contributed by atoms with van der Waals surface area (Å²) in [6.07, 6.45) is 0.750. The van der Waals surface area contributed by atoms with E-state index in [4.69, 9.17) is 5.73 Å².